The Morgan fingerprint density at radius 2 is 2.21 bits per heavy atom. The van der Waals surface area contributed by atoms with E-state index in [2.05, 4.69) is 26.6 Å². The van der Waals surface area contributed by atoms with Crippen LogP contribution in [0.25, 0.3) is 0 Å². The number of hydrogen-bond acceptors (Lipinski definition) is 2. The second kappa shape index (κ2) is 6.41. The first-order valence-electron chi connectivity index (χ1n) is 5.62. The standard InChI is InChI=1S/C13H12BrClN2OS/c1-8(12-3-2-6-19-12)16-13(18)17-11-5-4-9(14)7-10(11)15/h2-8H,1H3,(H2,16,17,18). The molecule has 100 valence electrons. The molecule has 0 radical (unpaired) electrons. The summed E-state index contributed by atoms with van der Waals surface area (Å²) in [5.74, 6) is 0. The maximum absolute atomic E-state index is 11.9. The number of carbonyl (C=O) groups excluding carboxylic acids is 1. The Kier molecular flexibility index (Phi) is 4.85. The van der Waals surface area contributed by atoms with Crippen LogP contribution in [0.4, 0.5) is 10.5 Å². The summed E-state index contributed by atoms with van der Waals surface area (Å²) in [6.07, 6.45) is 0. The molecule has 2 rings (SSSR count). The van der Waals surface area contributed by atoms with Crippen LogP contribution < -0.4 is 10.6 Å². The lowest BCUT2D eigenvalue weighted by Gasteiger charge is -2.14. The van der Waals surface area contributed by atoms with E-state index in [-0.39, 0.29) is 12.1 Å². The molecule has 1 aromatic heterocycles. The van der Waals surface area contributed by atoms with Gasteiger partial charge in [-0.15, -0.1) is 11.3 Å². The van der Waals surface area contributed by atoms with Gasteiger partial charge in [0.2, 0.25) is 0 Å². The van der Waals surface area contributed by atoms with Gasteiger partial charge in [-0.1, -0.05) is 33.6 Å². The highest BCUT2D eigenvalue weighted by Gasteiger charge is 2.11. The highest BCUT2D eigenvalue weighted by Crippen LogP contribution is 2.26. The molecular weight excluding hydrogens is 348 g/mol. The molecule has 1 heterocycles. The smallest absolute Gasteiger partial charge is 0.319 e. The minimum absolute atomic E-state index is 0.0331. The number of thiophene rings is 1. The van der Waals surface area contributed by atoms with Crippen molar-refractivity contribution in [3.05, 3.63) is 50.1 Å². The topological polar surface area (TPSA) is 41.1 Å². The van der Waals surface area contributed by atoms with Crippen molar-refractivity contribution in [1.29, 1.82) is 0 Å². The predicted octanol–water partition coefficient (Wildman–Crippen LogP) is 5.05. The minimum atomic E-state index is -0.273. The first kappa shape index (κ1) is 14.4. The van der Waals surface area contributed by atoms with E-state index < -0.39 is 0 Å². The second-order valence-corrected chi connectivity index (χ2v) is 6.26. The van der Waals surface area contributed by atoms with Crippen molar-refractivity contribution >= 4 is 50.6 Å². The Bertz CT molecular complexity index is 574. The average Bonchev–Trinajstić information content (AvgIpc) is 2.86. The van der Waals surface area contributed by atoms with Crippen molar-refractivity contribution in [3.8, 4) is 0 Å². The van der Waals surface area contributed by atoms with E-state index in [0.29, 0.717) is 10.7 Å². The highest BCUT2D eigenvalue weighted by atomic mass is 79.9. The molecule has 0 aliphatic rings. The molecule has 0 fully saturated rings. The Hall–Kier alpha value is -1.04. The molecule has 2 N–H and O–H groups in total. The number of rotatable bonds is 3. The van der Waals surface area contributed by atoms with Crippen LogP contribution in [-0.2, 0) is 0 Å². The molecule has 0 spiro atoms. The van der Waals surface area contributed by atoms with E-state index in [1.54, 1.807) is 23.5 Å². The number of amides is 2. The maximum atomic E-state index is 11.9. The fraction of sp³-hybridized carbons (Fsp3) is 0.154. The third kappa shape index (κ3) is 3.96. The Balaban J connectivity index is 1.98. The molecule has 2 aromatic rings. The van der Waals surface area contributed by atoms with Crippen LogP contribution >= 0.6 is 38.9 Å². The first-order chi connectivity index (χ1) is 9.06. The Labute approximate surface area is 129 Å². The predicted molar refractivity (Wildman–Crippen MR) is 84.0 cm³/mol. The summed E-state index contributed by atoms with van der Waals surface area (Å²) in [7, 11) is 0. The number of anilines is 1. The molecule has 1 aromatic carbocycles. The Morgan fingerprint density at radius 1 is 1.42 bits per heavy atom. The molecule has 0 saturated carbocycles. The lowest BCUT2D eigenvalue weighted by atomic mass is 10.3. The fourth-order valence-corrected chi connectivity index (χ4v) is 3.01. The zero-order valence-electron chi connectivity index (χ0n) is 10.1. The van der Waals surface area contributed by atoms with Crippen molar-refractivity contribution in [3.63, 3.8) is 0 Å². The molecule has 0 saturated heterocycles. The van der Waals surface area contributed by atoms with Gasteiger partial charge in [-0.25, -0.2) is 4.79 Å². The maximum Gasteiger partial charge on any atom is 0.319 e. The van der Waals surface area contributed by atoms with Gasteiger partial charge in [0.05, 0.1) is 16.8 Å². The van der Waals surface area contributed by atoms with Crippen LogP contribution in [-0.4, -0.2) is 6.03 Å². The number of halogens is 2. The second-order valence-electron chi connectivity index (χ2n) is 3.96. The summed E-state index contributed by atoms with van der Waals surface area (Å²) < 4.78 is 0.871. The number of urea groups is 1. The fourth-order valence-electron chi connectivity index (χ4n) is 1.55. The summed E-state index contributed by atoms with van der Waals surface area (Å²) in [4.78, 5) is 13.0. The lowest BCUT2D eigenvalue weighted by Crippen LogP contribution is -2.30. The molecule has 3 nitrogen and oxygen atoms in total. The lowest BCUT2D eigenvalue weighted by molar-refractivity contribution is 0.249. The third-order valence-corrected chi connectivity index (χ3v) is 4.36. The zero-order chi connectivity index (χ0) is 13.8. The van der Waals surface area contributed by atoms with Crippen LogP contribution in [0.2, 0.25) is 5.02 Å². The van der Waals surface area contributed by atoms with E-state index in [4.69, 9.17) is 11.6 Å². The summed E-state index contributed by atoms with van der Waals surface area (Å²) in [5, 5.41) is 8.07. The van der Waals surface area contributed by atoms with E-state index in [1.807, 2.05) is 30.5 Å². The van der Waals surface area contributed by atoms with E-state index in [1.165, 1.54) is 0 Å². The number of hydrogen-bond donors (Lipinski definition) is 2. The van der Waals surface area contributed by atoms with E-state index in [0.717, 1.165) is 9.35 Å². The minimum Gasteiger partial charge on any atom is -0.331 e. The van der Waals surface area contributed by atoms with Gasteiger partial charge in [-0.3, -0.25) is 0 Å². The molecule has 0 aliphatic carbocycles. The largest absolute Gasteiger partial charge is 0.331 e. The van der Waals surface area contributed by atoms with Gasteiger partial charge < -0.3 is 10.6 Å². The first-order valence-corrected chi connectivity index (χ1v) is 7.67. The molecule has 19 heavy (non-hydrogen) atoms. The SMILES string of the molecule is CC(NC(=O)Nc1ccc(Br)cc1Cl)c1cccs1. The van der Waals surface area contributed by atoms with Gasteiger partial charge in [-0.2, -0.15) is 0 Å². The van der Waals surface area contributed by atoms with Gasteiger partial charge in [0, 0.05) is 9.35 Å². The zero-order valence-corrected chi connectivity index (χ0v) is 13.3. The monoisotopic (exact) mass is 358 g/mol. The average molecular weight is 360 g/mol. The quantitative estimate of drug-likeness (QED) is 0.791. The van der Waals surface area contributed by atoms with Gasteiger partial charge in [0.15, 0.2) is 0 Å². The summed E-state index contributed by atoms with van der Waals surface area (Å²) in [6.45, 7) is 1.94. The molecule has 6 heteroatoms. The van der Waals surface area contributed by atoms with Crippen molar-refractivity contribution in [2.45, 2.75) is 13.0 Å². The molecule has 0 bridgehead atoms. The molecular formula is C13H12BrClN2OS. The van der Waals surface area contributed by atoms with Crippen LogP contribution in [0.5, 0.6) is 0 Å². The number of carbonyl (C=O) groups is 1. The van der Waals surface area contributed by atoms with Crippen LogP contribution in [0, 0.1) is 0 Å². The Morgan fingerprint density at radius 3 is 2.84 bits per heavy atom. The normalized spacial score (nSPS) is 11.9. The van der Waals surface area contributed by atoms with Gasteiger partial charge in [0.25, 0.3) is 0 Å². The van der Waals surface area contributed by atoms with E-state index >= 15 is 0 Å². The number of benzene rings is 1. The van der Waals surface area contributed by atoms with Crippen LogP contribution in [0.3, 0.4) is 0 Å². The van der Waals surface area contributed by atoms with Crippen LogP contribution in [0.1, 0.15) is 17.8 Å². The van der Waals surface area contributed by atoms with E-state index in [9.17, 15) is 4.79 Å². The van der Waals surface area contributed by atoms with Crippen molar-refractivity contribution < 1.29 is 4.79 Å². The highest BCUT2D eigenvalue weighted by molar-refractivity contribution is 9.10. The summed E-state index contributed by atoms with van der Waals surface area (Å²) in [5.41, 5.74) is 0.584. The molecule has 1 unspecified atom stereocenters. The van der Waals surface area contributed by atoms with Gasteiger partial charge in [0.1, 0.15) is 0 Å². The van der Waals surface area contributed by atoms with Crippen LogP contribution in [0.15, 0.2) is 40.2 Å². The summed E-state index contributed by atoms with van der Waals surface area (Å²) >= 11 is 11.0. The molecule has 0 aliphatic heterocycles. The third-order valence-electron chi connectivity index (χ3n) is 2.50. The van der Waals surface area contributed by atoms with Crippen molar-refractivity contribution in [2.75, 3.05) is 5.32 Å². The molecule has 1 atom stereocenters. The van der Waals surface area contributed by atoms with Gasteiger partial charge >= 0.3 is 6.03 Å². The molecule has 2 amide bonds. The summed E-state index contributed by atoms with van der Waals surface area (Å²) in [6, 6.07) is 8.95. The van der Waals surface area contributed by atoms with Crippen molar-refractivity contribution in [2.24, 2.45) is 0 Å². The van der Waals surface area contributed by atoms with Gasteiger partial charge in [-0.05, 0) is 36.6 Å². The number of nitrogens with one attached hydrogen (secondary N) is 2. The van der Waals surface area contributed by atoms with Crippen molar-refractivity contribution in [1.82, 2.24) is 5.32 Å².